The first-order chi connectivity index (χ1) is 16.5. The van der Waals surface area contributed by atoms with Gasteiger partial charge in [0, 0.05) is 10.9 Å². The van der Waals surface area contributed by atoms with Crippen LogP contribution in [0.15, 0.2) is 82.2 Å². The van der Waals surface area contributed by atoms with Gasteiger partial charge in [0.15, 0.2) is 6.61 Å². The number of ether oxygens (including phenoxy) is 1. The van der Waals surface area contributed by atoms with Crippen molar-refractivity contribution in [1.82, 2.24) is 4.68 Å². The number of benzene rings is 3. The van der Waals surface area contributed by atoms with E-state index in [1.165, 1.54) is 22.5 Å². The fraction of sp³-hybridized carbons (Fsp3) is 0.148. The van der Waals surface area contributed by atoms with Crippen molar-refractivity contribution in [1.29, 1.82) is 0 Å². The van der Waals surface area contributed by atoms with Gasteiger partial charge in [-0.1, -0.05) is 47.5 Å². The molecule has 1 aromatic heterocycles. The Labute approximate surface area is 201 Å². The maximum Gasteiger partial charge on any atom is 0.262 e. The Bertz CT molecular complexity index is 1460. The molecule has 3 aromatic carbocycles. The largest absolute Gasteiger partial charge is 0.482 e. The van der Waals surface area contributed by atoms with E-state index >= 15 is 0 Å². The van der Waals surface area contributed by atoms with Crippen LogP contribution in [0.3, 0.4) is 0 Å². The quantitative estimate of drug-likeness (QED) is 0.392. The molecule has 0 saturated heterocycles. The molecule has 4 aromatic rings. The Kier molecular flexibility index (Phi) is 5.86. The van der Waals surface area contributed by atoms with Gasteiger partial charge in [0.25, 0.3) is 5.91 Å². The predicted molar refractivity (Wildman–Crippen MR) is 137 cm³/mol. The zero-order valence-corrected chi connectivity index (χ0v) is 20.0. The van der Waals surface area contributed by atoms with Gasteiger partial charge in [0.1, 0.15) is 5.75 Å². The van der Waals surface area contributed by atoms with Gasteiger partial charge in [-0.3, -0.25) is 4.79 Å². The summed E-state index contributed by atoms with van der Waals surface area (Å²) < 4.78 is 7.39. The van der Waals surface area contributed by atoms with Crippen molar-refractivity contribution >= 4 is 34.3 Å². The molecule has 0 radical (unpaired) electrons. The molecule has 0 aliphatic carbocycles. The van der Waals surface area contributed by atoms with Crippen molar-refractivity contribution in [3.8, 4) is 17.0 Å². The maximum absolute atomic E-state index is 11.8. The van der Waals surface area contributed by atoms with Crippen molar-refractivity contribution < 1.29 is 9.53 Å². The normalized spacial score (nSPS) is 13.9. The summed E-state index contributed by atoms with van der Waals surface area (Å²) >= 11 is 1.52. The minimum absolute atomic E-state index is 0.0322. The monoisotopic (exact) mass is 468 g/mol. The van der Waals surface area contributed by atoms with Crippen LogP contribution < -0.4 is 14.9 Å². The Hall–Kier alpha value is -3.97. The van der Waals surface area contributed by atoms with E-state index in [1.54, 1.807) is 0 Å². The first-order valence-electron chi connectivity index (χ1n) is 11.0. The van der Waals surface area contributed by atoms with Crippen molar-refractivity contribution in [2.45, 2.75) is 20.8 Å². The molecule has 7 heteroatoms. The van der Waals surface area contributed by atoms with Crippen molar-refractivity contribution in [2.24, 2.45) is 10.1 Å². The zero-order valence-electron chi connectivity index (χ0n) is 19.2. The van der Waals surface area contributed by atoms with Crippen LogP contribution in [0.25, 0.3) is 11.3 Å². The predicted octanol–water partition coefficient (Wildman–Crippen LogP) is 5.67. The molecule has 1 N–H and O–H groups in total. The second-order valence-corrected chi connectivity index (χ2v) is 9.10. The number of carbonyl (C=O) groups excluding carboxylic acids is 1. The van der Waals surface area contributed by atoms with Gasteiger partial charge in [-0.05, 0) is 56.7 Å². The van der Waals surface area contributed by atoms with Crippen LogP contribution in [0.5, 0.6) is 5.75 Å². The fourth-order valence-corrected chi connectivity index (χ4v) is 4.50. The van der Waals surface area contributed by atoms with E-state index in [4.69, 9.17) is 14.8 Å². The third kappa shape index (κ3) is 4.56. The van der Waals surface area contributed by atoms with E-state index in [1.807, 2.05) is 59.4 Å². The van der Waals surface area contributed by atoms with Crippen LogP contribution in [-0.4, -0.2) is 22.9 Å². The molecule has 1 amide bonds. The van der Waals surface area contributed by atoms with Gasteiger partial charge >= 0.3 is 0 Å². The van der Waals surface area contributed by atoms with Crippen LogP contribution in [0, 0.1) is 13.8 Å². The van der Waals surface area contributed by atoms with Gasteiger partial charge in [-0.15, -0.1) is 11.3 Å². The van der Waals surface area contributed by atoms with E-state index in [0.29, 0.717) is 11.4 Å². The van der Waals surface area contributed by atoms with E-state index in [0.717, 1.165) is 33.0 Å². The van der Waals surface area contributed by atoms with Gasteiger partial charge < -0.3 is 10.1 Å². The molecule has 0 bridgehead atoms. The molecule has 170 valence electrons. The van der Waals surface area contributed by atoms with Crippen molar-refractivity contribution in [3.63, 3.8) is 0 Å². The highest BCUT2D eigenvalue weighted by molar-refractivity contribution is 7.07. The van der Waals surface area contributed by atoms with Crippen LogP contribution in [0.2, 0.25) is 0 Å². The van der Waals surface area contributed by atoms with Gasteiger partial charge in [0.05, 0.1) is 22.8 Å². The van der Waals surface area contributed by atoms with Crippen LogP contribution >= 0.6 is 11.3 Å². The first kappa shape index (κ1) is 21.9. The summed E-state index contributed by atoms with van der Waals surface area (Å²) in [7, 11) is 0. The van der Waals surface area contributed by atoms with E-state index in [-0.39, 0.29) is 12.5 Å². The first-order valence-corrected chi connectivity index (χ1v) is 11.9. The topological polar surface area (TPSA) is 68.0 Å². The van der Waals surface area contributed by atoms with Gasteiger partial charge in [0.2, 0.25) is 4.80 Å². The number of thiazole rings is 1. The fourth-order valence-electron chi connectivity index (χ4n) is 3.65. The van der Waals surface area contributed by atoms with Crippen LogP contribution in [-0.2, 0) is 4.79 Å². The molecule has 6 nitrogen and oxygen atoms in total. The third-order valence-corrected chi connectivity index (χ3v) is 6.39. The second kappa shape index (κ2) is 9.11. The summed E-state index contributed by atoms with van der Waals surface area (Å²) in [6, 6.07) is 22.2. The van der Waals surface area contributed by atoms with E-state index < -0.39 is 0 Å². The van der Waals surface area contributed by atoms with Crippen molar-refractivity contribution in [3.05, 3.63) is 93.6 Å². The SMILES string of the molecule is CC(=Nn1c(-c2ccc3c(c2)NC(=O)CO3)csc1=Nc1ccc(C)cc1)c1ccc(C)cc1. The Morgan fingerprint density at radius 2 is 1.71 bits per heavy atom. The summed E-state index contributed by atoms with van der Waals surface area (Å²) in [6.45, 7) is 6.15. The lowest BCUT2D eigenvalue weighted by Gasteiger charge is -2.18. The average molecular weight is 469 g/mol. The Morgan fingerprint density at radius 1 is 1.00 bits per heavy atom. The number of hydrogen-bond donors (Lipinski definition) is 1. The molecule has 0 saturated carbocycles. The summed E-state index contributed by atoms with van der Waals surface area (Å²) in [5, 5.41) is 9.89. The molecule has 0 fully saturated rings. The molecule has 34 heavy (non-hydrogen) atoms. The smallest absolute Gasteiger partial charge is 0.262 e. The zero-order chi connectivity index (χ0) is 23.7. The maximum atomic E-state index is 11.8. The second-order valence-electron chi connectivity index (χ2n) is 8.26. The highest BCUT2D eigenvalue weighted by Crippen LogP contribution is 2.33. The standard InChI is InChI=1S/C27H24N4O2S/c1-17-4-8-20(9-5-17)19(3)30-31-24(16-34-27(31)28-22-11-6-18(2)7-12-22)21-10-13-25-23(14-21)29-26(32)15-33-25/h4-14,16H,15H2,1-3H3,(H,29,32). The van der Waals surface area contributed by atoms with Crippen LogP contribution in [0.4, 0.5) is 11.4 Å². The lowest BCUT2D eigenvalue weighted by molar-refractivity contribution is -0.118. The minimum atomic E-state index is -0.161. The van der Waals surface area contributed by atoms with E-state index in [9.17, 15) is 4.79 Å². The number of fused-ring (bicyclic) bond motifs is 1. The number of aromatic nitrogens is 1. The van der Waals surface area contributed by atoms with Crippen molar-refractivity contribution in [2.75, 3.05) is 11.9 Å². The minimum Gasteiger partial charge on any atom is -0.482 e. The summed E-state index contributed by atoms with van der Waals surface area (Å²) in [5.74, 6) is 0.500. The number of hydrogen-bond acceptors (Lipinski definition) is 5. The molecular formula is C27H24N4O2S. The summed E-state index contributed by atoms with van der Waals surface area (Å²) in [5.41, 5.74) is 7.61. The number of amides is 1. The molecule has 2 heterocycles. The molecular weight excluding hydrogens is 444 g/mol. The molecule has 0 spiro atoms. The number of nitrogens with zero attached hydrogens (tertiary/aromatic N) is 3. The van der Waals surface area contributed by atoms with E-state index in [2.05, 4.69) is 43.4 Å². The lowest BCUT2D eigenvalue weighted by atomic mass is 10.1. The van der Waals surface area contributed by atoms with Gasteiger partial charge in [-0.25, -0.2) is 9.67 Å². The molecule has 5 rings (SSSR count). The summed E-state index contributed by atoms with van der Waals surface area (Å²) in [6.07, 6.45) is 0. The highest BCUT2D eigenvalue weighted by atomic mass is 32.1. The molecule has 0 unspecified atom stereocenters. The molecule has 1 aliphatic rings. The highest BCUT2D eigenvalue weighted by Gasteiger charge is 2.18. The van der Waals surface area contributed by atoms with Crippen LogP contribution in [0.1, 0.15) is 23.6 Å². The number of rotatable bonds is 4. The number of nitrogens with one attached hydrogen (secondary N) is 1. The lowest BCUT2D eigenvalue weighted by Crippen LogP contribution is -2.25. The average Bonchev–Trinajstić information content (AvgIpc) is 3.22. The number of carbonyl (C=O) groups is 1. The Morgan fingerprint density at radius 3 is 2.44 bits per heavy atom. The summed E-state index contributed by atoms with van der Waals surface area (Å²) in [4.78, 5) is 17.4. The molecule has 1 aliphatic heterocycles. The molecule has 0 atom stereocenters. The number of aryl methyl sites for hydroxylation is 2. The Balaban J connectivity index is 1.65. The third-order valence-electron chi connectivity index (χ3n) is 5.57. The van der Waals surface area contributed by atoms with Gasteiger partial charge in [-0.2, -0.15) is 5.10 Å². The number of anilines is 1.